The van der Waals surface area contributed by atoms with Gasteiger partial charge < -0.3 is 9.47 Å². The van der Waals surface area contributed by atoms with E-state index in [2.05, 4.69) is 20.9 Å². The predicted molar refractivity (Wildman–Crippen MR) is 74.7 cm³/mol. The molecule has 0 atom stereocenters. The van der Waals surface area contributed by atoms with Crippen LogP contribution in [-0.2, 0) is 0 Å². The van der Waals surface area contributed by atoms with Gasteiger partial charge in [-0.1, -0.05) is 11.6 Å². The van der Waals surface area contributed by atoms with E-state index < -0.39 is 0 Å². The zero-order chi connectivity index (χ0) is 13.8. The second-order valence-corrected chi connectivity index (χ2v) is 4.87. The number of ether oxygens (including phenoxy) is 2. The average molecular weight is 340 g/mol. The molecule has 0 unspecified atom stereocenters. The van der Waals surface area contributed by atoms with Crippen LogP contribution >= 0.6 is 27.5 Å². The number of pyridine rings is 1. The fraction of sp³-hybridized carbons (Fsp3) is 0.0769. The van der Waals surface area contributed by atoms with Crippen LogP contribution in [0.15, 0.2) is 34.9 Å². The summed E-state index contributed by atoms with van der Waals surface area (Å²) in [5.74, 6) is 1.23. The van der Waals surface area contributed by atoms with E-state index in [9.17, 15) is 0 Å². The highest BCUT2D eigenvalue weighted by Crippen LogP contribution is 2.31. The molecule has 0 saturated heterocycles. The van der Waals surface area contributed by atoms with E-state index in [1.807, 2.05) is 6.07 Å². The van der Waals surface area contributed by atoms with Crippen molar-refractivity contribution in [1.82, 2.24) is 4.98 Å². The van der Waals surface area contributed by atoms with Crippen molar-refractivity contribution in [3.63, 3.8) is 0 Å². The lowest BCUT2D eigenvalue weighted by atomic mass is 10.2. The van der Waals surface area contributed by atoms with E-state index in [0.29, 0.717) is 22.1 Å². The molecular formula is C13H8BrClN2O2. The zero-order valence-electron chi connectivity index (χ0n) is 9.85. The minimum atomic E-state index is 0.266. The minimum absolute atomic E-state index is 0.266. The number of nitrogens with zero attached hydrogens (tertiary/aromatic N) is 2. The summed E-state index contributed by atoms with van der Waals surface area (Å²) in [6, 6.07) is 8.56. The van der Waals surface area contributed by atoms with Crippen molar-refractivity contribution in [3.05, 3.63) is 45.5 Å². The Kier molecular flexibility index (Phi) is 4.25. The Hall–Kier alpha value is -1.77. The first kappa shape index (κ1) is 13.7. The van der Waals surface area contributed by atoms with Gasteiger partial charge in [-0.3, -0.25) is 0 Å². The average Bonchev–Trinajstić information content (AvgIpc) is 2.41. The number of hydrogen-bond acceptors (Lipinski definition) is 4. The fourth-order valence-electron chi connectivity index (χ4n) is 1.40. The second kappa shape index (κ2) is 5.91. The molecule has 0 amide bonds. The molecule has 4 nitrogen and oxygen atoms in total. The Morgan fingerprint density at radius 1 is 1.26 bits per heavy atom. The van der Waals surface area contributed by atoms with Crippen LogP contribution in [-0.4, -0.2) is 12.1 Å². The fourth-order valence-corrected chi connectivity index (χ4v) is 2.07. The zero-order valence-corrected chi connectivity index (χ0v) is 12.2. The lowest BCUT2D eigenvalue weighted by Gasteiger charge is -2.08. The van der Waals surface area contributed by atoms with Crippen LogP contribution < -0.4 is 9.47 Å². The molecule has 0 N–H and O–H groups in total. The molecule has 0 bridgehead atoms. The second-order valence-electron chi connectivity index (χ2n) is 3.55. The van der Waals surface area contributed by atoms with Crippen molar-refractivity contribution in [1.29, 1.82) is 5.26 Å². The van der Waals surface area contributed by atoms with Gasteiger partial charge in [-0.15, -0.1) is 0 Å². The number of nitriles is 1. The van der Waals surface area contributed by atoms with Gasteiger partial charge in [-0.2, -0.15) is 5.26 Å². The van der Waals surface area contributed by atoms with Gasteiger partial charge in [0.05, 0.1) is 18.7 Å². The van der Waals surface area contributed by atoms with E-state index in [0.717, 1.165) is 4.47 Å². The first-order valence-corrected chi connectivity index (χ1v) is 6.37. The number of aromatic nitrogens is 1. The molecule has 0 spiro atoms. The molecule has 0 saturated carbocycles. The van der Waals surface area contributed by atoms with E-state index in [-0.39, 0.29) is 5.88 Å². The number of methoxy groups -OCH3 is 1. The molecule has 2 aromatic rings. The number of hydrogen-bond donors (Lipinski definition) is 0. The Morgan fingerprint density at radius 2 is 2.00 bits per heavy atom. The highest BCUT2D eigenvalue weighted by molar-refractivity contribution is 9.10. The molecule has 19 heavy (non-hydrogen) atoms. The van der Waals surface area contributed by atoms with Gasteiger partial charge in [0.1, 0.15) is 16.5 Å². The lowest BCUT2D eigenvalue weighted by molar-refractivity contribution is 0.407. The molecule has 2 rings (SSSR count). The van der Waals surface area contributed by atoms with Crippen molar-refractivity contribution < 1.29 is 9.47 Å². The predicted octanol–water partition coefficient (Wildman–Crippen LogP) is 4.17. The summed E-state index contributed by atoms with van der Waals surface area (Å²) in [6.07, 6.45) is 1.58. The van der Waals surface area contributed by atoms with Crippen LogP contribution in [0, 0.1) is 11.3 Å². The van der Waals surface area contributed by atoms with Crippen LogP contribution in [0.1, 0.15) is 5.56 Å². The van der Waals surface area contributed by atoms with Crippen molar-refractivity contribution in [2.24, 2.45) is 0 Å². The topological polar surface area (TPSA) is 55.1 Å². The first-order valence-electron chi connectivity index (χ1n) is 5.20. The van der Waals surface area contributed by atoms with Gasteiger partial charge in [0.15, 0.2) is 0 Å². The monoisotopic (exact) mass is 338 g/mol. The Labute approximate surface area is 123 Å². The van der Waals surface area contributed by atoms with Crippen LogP contribution in [0.25, 0.3) is 0 Å². The van der Waals surface area contributed by atoms with Crippen LogP contribution in [0.2, 0.25) is 5.02 Å². The van der Waals surface area contributed by atoms with Crippen molar-refractivity contribution in [3.8, 4) is 23.4 Å². The molecule has 0 aliphatic carbocycles. The summed E-state index contributed by atoms with van der Waals surface area (Å²) < 4.78 is 11.4. The standard InChI is InChI=1S/C13H8BrClN2O2/c1-18-10-2-8(6-16)3-11(5-10)19-13-12(15)4-9(14)7-17-13/h2-5,7H,1H3. The third-order valence-corrected chi connectivity index (χ3v) is 2.94. The molecule has 1 aromatic carbocycles. The Bertz CT molecular complexity index is 656. The summed E-state index contributed by atoms with van der Waals surface area (Å²) in [7, 11) is 1.52. The molecule has 1 aromatic heterocycles. The van der Waals surface area contributed by atoms with Crippen molar-refractivity contribution in [2.45, 2.75) is 0 Å². The molecule has 0 radical (unpaired) electrons. The van der Waals surface area contributed by atoms with Gasteiger partial charge in [-0.25, -0.2) is 4.98 Å². The van der Waals surface area contributed by atoms with Gasteiger partial charge in [0.2, 0.25) is 5.88 Å². The van der Waals surface area contributed by atoms with E-state index in [1.54, 1.807) is 30.5 Å². The molecule has 1 heterocycles. The smallest absolute Gasteiger partial charge is 0.238 e. The van der Waals surface area contributed by atoms with E-state index in [1.165, 1.54) is 7.11 Å². The Morgan fingerprint density at radius 3 is 2.63 bits per heavy atom. The van der Waals surface area contributed by atoms with Gasteiger partial charge >= 0.3 is 0 Å². The van der Waals surface area contributed by atoms with Gasteiger partial charge in [-0.05, 0) is 34.1 Å². The number of halogens is 2. The largest absolute Gasteiger partial charge is 0.497 e. The quantitative estimate of drug-likeness (QED) is 0.842. The third kappa shape index (κ3) is 3.37. The maximum atomic E-state index is 8.93. The summed E-state index contributed by atoms with van der Waals surface area (Å²) in [5.41, 5.74) is 0.433. The summed E-state index contributed by atoms with van der Waals surface area (Å²) in [6.45, 7) is 0. The summed E-state index contributed by atoms with van der Waals surface area (Å²) in [4.78, 5) is 4.06. The molecule has 6 heteroatoms. The Balaban J connectivity index is 2.35. The van der Waals surface area contributed by atoms with Crippen LogP contribution in [0.3, 0.4) is 0 Å². The molecule has 0 aliphatic rings. The van der Waals surface area contributed by atoms with Gasteiger partial charge in [0.25, 0.3) is 0 Å². The minimum Gasteiger partial charge on any atom is -0.497 e. The molecule has 0 fully saturated rings. The molecule has 96 valence electrons. The lowest BCUT2D eigenvalue weighted by Crippen LogP contribution is -1.91. The third-order valence-electron chi connectivity index (χ3n) is 2.23. The maximum Gasteiger partial charge on any atom is 0.238 e. The summed E-state index contributed by atoms with van der Waals surface area (Å²) >= 11 is 9.27. The van der Waals surface area contributed by atoms with E-state index in [4.69, 9.17) is 26.3 Å². The van der Waals surface area contributed by atoms with Crippen LogP contribution in [0.5, 0.6) is 17.4 Å². The first-order chi connectivity index (χ1) is 9.12. The van der Waals surface area contributed by atoms with Crippen molar-refractivity contribution >= 4 is 27.5 Å². The number of rotatable bonds is 3. The summed E-state index contributed by atoms with van der Waals surface area (Å²) in [5, 5.41) is 9.30. The van der Waals surface area contributed by atoms with Crippen molar-refractivity contribution in [2.75, 3.05) is 7.11 Å². The SMILES string of the molecule is COc1cc(C#N)cc(Oc2ncc(Br)cc2Cl)c1. The maximum absolute atomic E-state index is 8.93. The van der Waals surface area contributed by atoms with Crippen LogP contribution in [0.4, 0.5) is 0 Å². The molecular weight excluding hydrogens is 332 g/mol. The van der Waals surface area contributed by atoms with Gasteiger partial charge in [0, 0.05) is 16.7 Å². The van der Waals surface area contributed by atoms with E-state index >= 15 is 0 Å². The number of benzene rings is 1. The molecule has 0 aliphatic heterocycles. The highest BCUT2D eigenvalue weighted by atomic mass is 79.9. The normalized spacial score (nSPS) is 9.79. The highest BCUT2D eigenvalue weighted by Gasteiger charge is 2.08.